The van der Waals surface area contributed by atoms with Gasteiger partial charge in [0.15, 0.2) is 5.78 Å². The number of halogens is 1. The molecule has 0 unspecified atom stereocenters. The van der Waals surface area contributed by atoms with E-state index in [0.29, 0.717) is 34.0 Å². The van der Waals surface area contributed by atoms with E-state index < -0.39 is 0 Å². The first-order chi connectivity index (χ1) is 17.9. The molecule has 0 amide bonds. The second-order valence-electron chi connectivity index (χ2n) is 8.54. The van der Waals surface area contributed by atoms with Crippen molar-refractivity contribution in [1.82, 2.24) is 4.98 Å². The maximum atomic E-state index is 12.5. The van der Waals surface area contributed by atoms with Gasteiger partial charge in [0, 0.05) is 52.7 Å². The molecule has 6 nitrogen and oxygen atoms in total. The zero-order valence-electron chi connectivity index (χ0n) is 20.7. The highest BCUT2D eigenvalue weighted by Gasteiger charge is 2.06. The third kappa shape index (κ3) is 6.74. The van der Waals surface area contributed by atoms with E-state index in [1.807, 2.05) is 43.3 Å². The van der Waals surface area contributed by atoms with E-state index in [1.54, 1.807) is 49.9 Å². The predicted octanol–water partition coefficient (Wildman–Crippen LogP) is 6.73. The first-order valence-electron chi connectivity index (χ1n) is 11.9. The lowest BCUT2D eigenvalue weighted by atomic mass is 10.0. The molecule has 0 aliphatic carbocycles. The highest BCUT2D eigenvalue weighted by atomic mass is 35.5. The van der Waals surface area contributed by atoms with Crippen molar-refractivity contribution >= 4 is 46.3 Å². The zero-order chi connectivity index (χ0) is 26.2. The Kier molecular flexibility index (Phi) is 8.54. The summed E-state index contributed by atoms with van der Waals surface area (Å²) >= 11 is 6.06. The Morgan fingerprint density at radius 1 is 1.14 bits per heavy atom. The summed E-state index contributed by atoms with van der Waals surface area (Å²) in [5.41, 5.74) is 4.56. The summed E-state index contributed by atoms with van der Waals surface area (Å²) in [6, 6.07) is 18.2. The van der Waals surface area contributed by atoms with E-state index in [-0.39, 0.29) is 11.5 Å². The number of phenols is 1. The van der Waals surface area contributed by atoms with Gasteiger partial charge in [0.2, 0.25) is 0 Å². The van der Waals surface area contributed by atoms with Crippen LogP contribution < -0.4 is 10.1 Å². The summed E-state index contributed by atoms with van der Waals surface area (Å²) in [7, 11) is 1.59. The van der Waals surface area contributed by atoms with Crippen molar-refractivity contribution < 1.29 is 14.6 Å². The van der Waals surface area contributed by atoms with Crippen LogP contribution in [0.2, 0.25) is 5.02 Å². The van der Waals surface area contributed by atoms with Crippen molar-refractivity contribution in [2.45, 2.75) is 13.3 Å². The number of nitrogens with zero attached hydrogens (tertiary/aromatic N) is 2. The summed E-state index contributed by atoms with van der Waals surface area (Å²) < 4.78 is 5.13. The maximum Gasteiger partial charge on any atom is 0.185 e. The van der Waals surface area contributed by atoms with Crippen molar-refractivity contribution in [1.29, 1.82) is 0 Å². The molecule has 1 heterocycles. The Labute approximate surface area is 221 Å². The van der Waals surface area contributed by atoms with Crippen molar-refractivity contribution in [3.05, 3.63) is 100 Å². The van der Waals surface area contributed by atoms with E-state index in [0.717, 1.165) is 35.1 Å². The zero-order valence-corrected chi connectivity index (χ0v) is 21.5. The molecular formula is C30H28ClN3O3. The fourth-order valence-electron chi connectivity index (χ4n) is 3.89. The summed E-state index contributed by atoms with van der Waals surface area (Å²) in [4.78, 5) is 21.4. The Morgan fingerprint density at radius 3 is 2.73 bits per heavy atom. The third-order valence-electron chi connectivity index (χ3n) is 5.87. The third-order valence-corrected chi connectivity index (χ3v) is 6.10. The number of rotatable bonds is 10. The number of carbonyl (C=O) groups is 1. The number of carbonyl (C=O) groups excluding carboxylic acids is 1. The minimum atomic E-state index is -0.110. The molecular weight excluding hydrogens is 486 g/mol. The number of ether oxygens (including phenoxy) is 1. The smallest absolute Gasteiger partial charge is 0.185 e. The number of phenolic OH excluding ortho intramolecular Hbond substituents is 1. The van der Waals surface area contributed by atoms with Gasteiger partial charge in [-0.1, -0.05) is 17.7 Å². The molecule has 37 heavy (non-hydrogen) atoms. The Bertz CT molecular complexity index is 1460. The number of ketones is 1. The first-order valence-corrected chi connectivity index (χ1v) is 12.3. The average molecular weight is 514 g/mol. The monoisotopic (exact) mass is 513 g/mol. The molecule has 0 bridgehead atoms. The lowest BCUT2D eigenvalue weighted by Crippen LogP contribution is -2.04. The number of aryl methyl sites for hydroxylation is 1. The van der Waals surface area contributed by atoms with Crippen LogP contribution in [-0.2, 0) is 0 Å². The van der Waals surface area contributed by atoms with Crippen molar-refractivity contribution in [2.75, 3.05) is 25.5 Å². The Hall–Kier alpha value is -4.16. The number of anilines is 1. The largest absolute Gasteiger partial charge is 0.507 e. The van der Waals surface area contributed by atoms with Crippen molar-refractivity contribution in [3.8, 4) is 11.5 Å². The van der Waals surface area contributed by atoms with E-state index in [2.05, 4.69) is 15.3 Å². The van der Waals surface area contributed by atoms with Gasteiger partial charge < -0.3 is 15.2 Å². The molecule has 3 aromatic carbocycles. The molecule has 4 rings (SSSR count). The highest BCUT2D eigenvalue weighted by Crippen LogP contribution is 2.25. The number of nitrogens with one attached hydrogen (secondary N) is 1. The quantitative estimate of drug-likeness (QED) is 0.106. The van der Waals surface area contributed by atoms with Crippen LogP contribution in [0.5, 0.6) is 11.5 Å². The van der Waals surface area contributed by atoms with Gasteiger partial charge in [0.05, 0.1) is 12.6 Å². The standard InChI is InChI=1S/C30H28ClN3O3/c1-20-16-21(4-11-29(35)22-5-8-25(37-2)9-6-22)17-23(30(20)36)19-32-13-3-14-33-27-12-15-34-28-18-24(31)7-10-26(27)28/h4-12,15-19,36H,3,13-14H2,1-2H3,(H,33,34)/b11-4+,32-19?. The molecule has 2 N–H and O–H groups in total. The second kappa shape index (κ2) is 12.2. The Morgan fingerprint density at radius 2 is 1.95 bits per heavy atom. The van der Waals surface area contributed by atoms with Gasteiger partial charge in [0.25, 0.3) is 0 Å². The van der Waals surface area contributed by atoms with E-state index in [1.165, 1.54) is 6.08 Å². The summed E-state index contributed by atoms with van der Waals surface area (Å²) in [6.07, 6.45) is 7.51. The van der Waals surface area contributed by atoms with E-state index in [9.17, 15) is 9.90 Å². The topological polar surface area (TPSA) is 83.8 Å². The molecule has 4 aromatic rings. The number of hydrogen-bond donors (Lipinski definition) is 2. The molecule has 0 fully saturated rings. The average Bonchev–Trinajstić information content (AvgIpc) is 2.91. The molecule has 1 aromatic heterocycles. The SMILES string of the molecule is COc1ccc(C(=O)/C=C/c2cc(C)c(O)c(C=NCCCNc3ccnc4cc(Cl)ccc34)c2)cc1. The number of aromatic nitrogens is 1. The molecule has 0 aliphatic rings. The van der Waals surface area contributed by atoms with E-state index in [4.69, 9.17) is 16.3 Å². The minimum Gasteiger partial charge on any atom is -0.507 e. The number of aliphatic imine (C=N–C) groups is 1. The number of aromatic hydroxyl groups is 1. The first kappa shape index (κ1) is 25.9. The number of benzene rings is 3. The van der Waals surface area contributed by atoms with Gasteiger partial charge in [0.1, 0.15) is 11.5 Å². The second-order valence-corrected chi connectivity index (χ2v) is 8.97. The lowest BCUT2D eigenvalue weighted by molar-refractivity contribution is 0.104. The number of allylic oxidation sites excluding steroid dienone is 1. The van der Waals surface area contributed by atoms with Crippen LogP contribution in [0.4, 0.5) is 5.69 Å². The van der Waals surface area contributed by atoms with Crippen molar-refractivity contribution in [2.24, 2.45) is 4.99 Å². The van der Waals surface area contributed by atoms with Crippen LogP contribution >= 0.6 is 11.6 Å². The maximum absolute atomic E-state index is 12.5. The Balaban J connectivity index is 1.34. The van der Waals surface area contributed by atoms with Gasteiger partial charge in [-0.05, 0) is 91.2 Å². The van der Waals surface area contributed by atoms with Crippen molar-refractivity contribution in [3.63, 3.8) is 0 Å². The molecule has 0 saturated carbocycles. The molecule has 0 aliphatic heterocycles. The number of pyridine rings is 1. The summed E-state index contributed by atoms with van der Waals surface area (Å²) in [6.45, 7) is 3.15. The number of fused-ring (bicyclic) bond motifs is 1. The van der Waals surface area contributed by atoms with Crippen LogP contribution in [0.15, 0.2) is 77.9 Å². The summed E-state index contributed by atoms with van der Waals surface area (Å²) in [5, 5.41) is 15.6. The van der Waals surface area contributed by atoms with Crippen LogP contribution in [0.25, 0.3) is 17.0 Å². The number of hydrogen-bond acceptors (Lipinski definition) is 6. The van der Waals surface area contributed by atoms with Gasteiger partial charge in [-0.15, -0.1) is 0 Å². The van der Waals surface area contributed by atoms with Crippen LogP contribution in [0.1, 0.15) is 33.5 Å². The van der Waals surface area contributed by atoms with Gasteiger partial charge in [-0.25, -0.2) is 0 Å². The van der Waals surface area contributed by atoms with Gasteiger partial charge in [-0.3, -0.25) is 14.8 Å². The molecule has 0 atom stereocenters. The molecule has 0 radical (unpaired) electrons. The fourth-order valence-corrected chi connectivity index (χ4v) is 4.05. The molecule has 188 valence electrons. The number of methoxy groups -OCH3 is 1. The van der Waals surface area contributed by atoms with E-state index >= 15 is 0 Å². The van der Waals surface area contributed by atoms with Gasteiger partial charge >= 0.3 is 0 Å². The lowest BCUT2D eigenvalue weighted by Gasteiger charge is -2.09. The molecule has 0 spiro atoms. The van der Waals surface area contributed by atoms with Crippen LogP contribution in [0.3, 0.4) is 0 Å². The van der Waals surface area contributed by atoms with Gasteiger partial charge in [-0.2, -0.15) is 0 Å². The van der Waals surface area contributed by atoms with Crippen LogP contribution in [0, 0.1) is 6.92 Å². The summed E-state index contributed by atoms with van der Waals surface area (Å²) in [5.74, 6) is 0.772. The normalized spacial score (nSPS) is 11.4. The molecule has 7 heteroatoms. The predicted molar refractivity (Wildman–Crippen MR) is 152 cm³/mol. The molecule has 0 saturated heterocycles. The minimum absolute atomic E-state index is 0.110. The van der Waals surface area contributed by atoms with Crippen LogP contribution in [-0.4, -0.2) is 42.3 Å². The fraction of sp³-hybridized carbons (Fsp3) is 0.167. The highest BCUT2D eigenvalue weighted by molar-refractivity contribution is 6.31.